The van der Waals surface area contributed by atoms with Crippen molar-refractivity contribution in [1.29, 1.82) is 0 Å². The third-order valence-corrected chi connectivity index (χ3v) is 3.18. The molecule has 1 rings (SSSR count). The highest BCUT2D eigenvalue weighted by Gasteiger charge is 2.35. The van der Waals surface area contributed by atoms with Crippen molar-refractivity contribution in [2.75, 3.05) is 13.1 Å². The second kappa shape index (κ2) is 4.64. The van der Waals surface area contributed by atoms with Crippen molar-refractivity contribution < 1.29 is 9.53 Å². The second-order valence-corrected chi connectivity index (χ2v) is 6.27. The molecule has 0 aromatic carbocycles. The van der Waals surface area contributed by atoms with Gasteiger partial charge in [-0.3, -0.25) is 0 Å². The number of ether oxygens (including phenoxy) is 1. The van der Waals surface area contributed by atoms with Crippen LogP contribution in [0.25, 0.3) is 0 Å². The second-order valence-electron chi connectivity index (χ2n) is 6.27. The van der Waals surface area contributed by atoms with E-state index in [0.717, 1.165) is 13.1 Å². The minimum absolute atomic E-state index is 0.164. The molecule has 1 saturated heterocycles. The molecule has 1 fully saturated rings. The summed E-state index contributed by atoms with van der Waals surface area (Å²) in [4.78, 5) is 13.7. The monoisotopic (exact) mass is 227 g/mol. The van der Waals surface area contributed by atoms with Gasteiger partial charge in [0.1, 0.15) is 5.60 Å². The Morgan fingerprint density at radius 3 is 2.25 bits per heavy atom. The molecule has 2 unspecified atom stereocenters. The van der Waals surface area contributed by atoms with Gasteiger partial charge in [0.15, 0.2) is 0 Å². The van der Waals surface area contributed by atoms with Gasteiger partial charge in [-0.1, -0.05) is 20.8 Å². The molecule has 1 aliphatic rings. The fraction of sp³-hybridized carbons (Fsp3) is 0.923. The first-order valence-corrected chi connectivity index (χ1v) is 6.18. The maximum atomic E-state index is 11.9. The van der Waals surface area contributed by atoms with Crippen LogP contribution in [0.1, 0.15) is 41.5 Å². The van der Waals surface area contributed by atoms with Crippen molar-refractivity contribution in [2.45, 2.75) is 47.1 Å². The first-order chi connectivity index (χ1) is 7.20. The molecule has 0 saturated carbocycles. The molecule has 0 radical (unpaired) electrons. The van der Waals surface area contributed by atoms with Crippen LogP contribution in [-0.2, 0) is 4.74 Å². The highest BCUT2D eigenvalue weighted by molar-refractivity contribution is 5.68. The summed E-state index contributed by atoms with van der Waals surface area (Å²) in [6.07, 6.45) is -0.164. The molecule has 0 bridgehead atoms. The summed E-state index contributed by atoms with van der Waals surface area (Å²) < 4.78 is 5.39. The lowest BCUT2D eigenvalue weighted by Crippen LogP contribution is -2.35. The van der Waals surface area contributed by atoms with Gasteiger partial charge in [0, 0.05) is 13.1 Å². The minimum atomic E-state index is -0.393. The van der Waals surface area contributed by atoms with Gasteiger partial charge in [-0.2, -0.15) is 0 Å². The SMILES string of the molecule is CC(C)C1CN(C(=O)OC(C)(C)C)CC1C. The minimum Gasteiger partial charge on any atom is -0.444 e. The third-order valence-electron chi connectivity index (χ3n) is 3.18. The molecule has 1 heterocycles. The predicted octanol–water partition coefficient (Wildman–Crippen LogP) is 3.15. The maximum absolute atomic E-state index is 11.9. The predicted molar refractivity (Wildman–Crippen MR) is 65.3 cm³/mol. The first kappa shape index (κ1) is 13.3. The van der Waals surface area contributed by atoms with Gasteiger partial charge in [0.25, 0.3) is 0 Å². The standard InChI is InChI=1S/C13H25NO2/c1-9(2)11-8-14(7-10(11)3)12(15)16-13(4,5)6/h9-11H,7-8H2,1-6H3. The molecule has 0 aromatic rings. The number of hydrogen-bond donors (Lipinski definition) is 0. The molecule has 0 aromatic heterocycles. The van der Waals surface area contributed by atoms with Gasteiger partial charge in [-0.15, -0.1) is 0 Å². The number of nitrogens with zero attached hydrogens (tertiary/aromatic N) is 1. The van der Waals surface area contributed by atoms with Crippen LogP contribution in [0.4, 0.5) is 4.79 Å². The Morgan fingerprint density at radius 1 is 1.31 bits per heavy atom. The Labute approximate surface area is 99.1 Å². The Kier molecular flexibility index (Phi) is 3.87. The quantitative estimate of drug-likeness (QED) is 0.688. The van der Waals surface area contributed by atoms with E-state index in [1.165, 1.54) is 0 Å². The molecule has 3 heteroatoms. The first-order valence-electron chi connectivity index (χ1n) is 6.18. The smallest absolute Gasteiger partial charge is 0.410 e. The van der Waals surface area contributed by atoms with E-state index in [0.29, 0.717) is 17.8 Å². The molecule has 3 nitrogen and oxygen atoms in total. The summed E-state index contributed by atoms with van der Waals surface area (Å²) in [5.74, 6) is 1.81. The normalized spacial score (nSPS) is 26.3. The molecule has 0 N–H and O–H groups in total. The van der Waals surface area contributed by atoms with E-state index in [9.17, 15) is 4.79 Å². The van der Waals surface area contributed by atoms with E-state index < -0.39 is 5.60 Å². The van der Waals surface area contributed by atoms with Crippen molar-refractivity contribution in [3.05, 3.63) is 0 Å². The zero-order valence-corrected chi connectivity index (χ0v) is 11.4. The molecule has 94 valence electrons. The van der Waals surface area contributed by atoms with Crippen LogP contribution in [0.2, 0.25) is 0 Å². The molecular weight excluding hydrogens is 202 g/mol. The van der Waals surface area contributed by atoms with Crippen LogP contribution in [0, 0.1) is 17.8 Å². The number of rotatable bonds is 1. The topological polar surface area (TPSA) is 29.5 Å². The Morgan fingerprint density at radius 2 is 1.88 bits per heavy atom. The summed E-state index contributed by atoms with van der Waals surface area (Å²) in [5.41, 5.74) is -0.393. The number of hydrogen-bond acceptors (Lipinski definition) is 2. The summed E-state index contributed by atoms with van der Waals surface area (Å²) in [5, 5.41) is 0. The van der Waals surface area contributed by atoms with Crippen LogP contribution >= 0.6 is 0 Å². The summed E-state index contributed by atoms with van der Waals surface area (Å²) >= 11 is 0. The van der Waals surface area contributed by atoms with Gasteiger partial charge in [-0.05, 0) is 38.5 Å². The van der Waals surface area contributed by atoms with E-state index in [-0.39, 0.29) is 6.09 Å². The van der Waals surface area contributed by atoms with E-state index >= 15 is 0 Å². The van der Waals surface area contributed by atoms with Gasteiger partial charge in [0.2, 0.25) is 0 Å². The van der Waals surface area contributed by atoms with Gasteiger partial charge >= 0.3 is 6.09 Å². The van der Waals surface area contributed by atoms with Crippen LogP contribution in [-0.4, -0.2) is 29.7 Å². The molecule has 1 amide bonds. The summed E-state index contributed by atoms with van der Waals surface area (Å²) in [6.45, 7) is 14.1. The van der Waals surface area contributed by atoms with Gasteiger partial charge in [0.05, 0.1) is 0 Å². The number of amides is 1. The molecule has 0 spiro atoms. The van der Waals surface area contributed by atoms with Crippen LogP contribution in [0.15, 0.2) is 0 Å². The summed E-state index contributed by atoms with van der Waals surface area (Å²) in [7, 11) is 0. The van der Waals surface area contributed by atoms with Crippen molar-refractivity contribution >= 4 is 6.09 Å². The lowest BCUT2D eigenvalue weighted by Gasteiger charge is -2.24. The highest BCUT2D eigenvalue weighted by atomic mass is 16.6. The lowest BCUT2D eigenvalue weighted by atomic mass is 9.88. The van der Waals surface area contributed by atoms with Crippen molar-refractivity contribution in [3.8, 4) is 0 Å². The van der Waals surface area contributed by atoms with Crippen molar-refractivity contribution in [2.24, 2.45) is 17.8 Å². The third kappa shape index (κ3) is 3.39. The van der Waals surface area contributed by atoms with Crippen LogP contribution in [0.3, 0.4) is 0 Å². The highest BCUT2D eigenvalue weighted by Crippen LogP contribution is 2.30. The Hall–Kier alpha value is -0.730. The van der Waals surface area contributed by atoms with Gasteiger partial charge in [-0.25, -0.2) is 4.79 Å². The van der Waals surface area contributed by atoms with E-state index in [2.05, 4.69) is 20.8 Å². The largest absolute Gasteiger partial charge is 0.444 e. The number of carbonyl (C=O) groups excluding carboxylic acids is 1. The van der Waals surface area contributed by atoms with Crippen molar-refractivity contribution in [1.82, 2.24) is 4.90 Å². The van der Waals surface area contributed by atoms with Gasteiger partial charge < -0.3 is 9.64 Å². The average Bonchev–Trinajstić information content (AvgIpc) is 2.44. The average molecular weight is 227 g/mol. The van der Waals surface area contributed by atoms with Crippen LogP contribution in [0.5, 0.6) is 0 Å². The molecule has 16 heavy (non-hydrogen) atoms. The fourth-order valence-corrected chi connectivity index (χ4v) is 2.34. The zero-order valence-electron chi connectivity index (χ0n) is 11.4. The molecular formula is C13H25NO2. The lowest BCUT2D eigenvalue weighted by molar-refractivity contribution is 0.0282. The number of carbonyl (C=O) groups is 1. The molecule has 1 aliphatic heterocycles. The van der Waals surface area contributed by atoms with E-state index in [1.54, 1.807) is 0 Å². The molecule has 0 aliphatic carbocycles. The van der Waals surface area contributed by atoms with E-state index in [4.69, 9.17) is 4.74 Å². The Balaban J connectivity index is 2.55. The molecule has 2 atom stereocenters. The van der Waals surface area contributed by atoms with Crippen molar-refractivity contribution in [3.63, 3.8) is 0 Å². The fourth-order valence-electron chi connectivity index (χ4n) is 2.34. The zero-order chi connectivity index (χ0) is 12.5. The van der Waals surface area contributed by atoms with E-state index in [1.807, 2.05) is 25.7 Å². The number of likely N-dealkylation sites (tertiary alicyclic amines) is 1. The Bertz CT molecular complexity index is 255. The van der Waals surface area contributed by atoms with Crippen LogP contribution < -0.4 is 0 Å². The maximum Gasteiger partial charge on any atom is 0.410 e. The summed E-state index contributed by atoms with van der Waals surface area (Å²) in [6, 6.07) is 0.